The van der Waals surface area contributed by atoms with Gasteiger partial charge in [0.2, 0.25) is 0 Å². The van der Waals surface area contributed by atoms with E-state index in [2.05, 4.69) is 0 Å². The van der Waals surface area contributed by atoms with Gasteiger partial charge in [-0.1, -0.05) is 18.2 Å². The van der Waals surface area contributed by atoms with Crippen LogP contribution in [0.15, 0.2) is 47.1 Å². The molecule has 16 heavy (non-hydrogen) atoms. The highest BCUT2D eigenvalue weighted by molar-refractivity contribution is 6.06. The zero-order valence-corrected chi connectivity index (χ0v) is 8.21. The van der Waals surface area contributed by atoms with Gasteiger partial charge in [0.1, 0.15) is 5.58 Å². The van der Waals surface area contributed by atoms with E-state index in [1.54, 1.807) is 18.2 Å². The Morgan fingerprint density at radius 2 is 1.94 bits per heavy atom. The van der Waals surface area contributed by atoms with Gasteiger partial charge in [0.25, 0.3) is 5.69 Å². The molecule has 0 unspecified atom stereocenters. The molecule has 0 atom stereocenters. The van der Waals surface area contributed by atoms with Crippen LogP contribution in [0.5, 0.6) is 0 Å². The standard InChI is InChI=1S/C12H7NO3/c14-13(15)12-9-4-2-1-3-8(9)7-11-10(12)5-6-16-11/h1-7H. The quantitative estimate of drug-likeness (QED) is 0.459. The number of hydrogen-bond donors (Lipinski definition) is 0. The normalized spacial score (nSPS) is 11.0. The first-order chi connectivity index (χ1) is 7.77. The highest BCUT2D eigenvalue weighted by Crippen LogP contribution is 2.34. The fourth-order valence-electron chi connectivity index (χ4n) is 1.95. The average molecular weight is 213 g/mol. The Kier molecular flexibility index (Phi) is 1.71. The SMILES string of the molecule is O=[N+]([O-])c1c2ccccc2cc2occc12. The molecule has 1 heterocycles. The van der Waals surface area contributed by atoms with Crippen molar-refractivity contribution in [3.8, 4) is 0 Å². The molecule has 0 aliphatic rings. The van der Waals surface area contributed by atoms with Crippen LogP contribution in [0.25, 0.3) is 21.7 Å². The second-order valence-corrected chi connectivity index (χ2v) is 3.54. The third kappa shape index (κ3) is 1.10. The van der Waals surface area contributed by atoms with E-state index in [0.717, 1.165) is 5.39 Å². The summed E-state index contributed by atoms with van der Waals surface area (Å²) in [6.07, 6.45) is 1.47. The predicted octanol–water partition coefficient (Wildman–Crippen LogP) is 3.49. The Morgan fingerprint density at radius 1 is 1.12 bits per heavy atom. The molecular formula is C12H7NO3. The Balaban J connectivity index is 2.61. The van der Waals surface area contributed by atoms with E-state index in [1.165, 1.54) is 6.26 Å². The maximum absolute atomic E-state index is 11.1. The molecular weight excluding hydrogens is 206 g/mol. The molecule has 0 radical (unpaired) electrons. The molecule has 3 aromatic rings. The van der Waals surface area contributed by atoms with E-state index in [4.69, 9.17) is 4.42 Å². The highest BCUT2D eigenvalue weighted by Gasteiger charge is 2.18. The van der Waals surface area contributed by atoms with Crippen molar-refractivity contribution in [2.24, 2.45) is 0 Å². The van der Waals surface area contributed by atoms with Crippen molar-refractivity contribution in [3.05, 3.63) is 52.8 Å². The summed E-state index contributed by atoms with van der Waals surface area (Å²) in [7, 11) is 0. The summed E-state index contributed by atoms with van der Waals surface area (Å²) in [5.74, 6) is 0. The lowest BCUT2D eigenvalue weighted by atomic mass is 10.1. The Labute approximate surface area is 90.2 Å². The summed E-state index contributed by atoms with van der Waals surface area (Å²) in [4.78, 5) is 10.7. The first-order valence-corrected chi connectivity index (χ1v) is 4.81. The zero-order valence-electron chi connectivity index (χ0n) is 8.21. The van der Waals surface area contributed by atoms with Crippen LogP contribution in [0.1, 0.15) is 0 Å². The molecule has 0 saturated carbocycles. The van der Waals surface area contributed by atoms with E-state index >= 15 is 0 Å². The predicted molar refractivity (Wildman–Crippen MR) is 60.4 cm³/mol. The molecule has 0 bridgehead atoms. The van der Waals surface area contributed by atoms with Crippen molar-refractivity contribution in [3.63, 3.8) is 0 Å². The number of non-ortho nitro benzene ring substituents is 1. The van der Waals surface area contributed by atoms with Crippen LogP contribution >= 0.6 is 0 Å². The number of benzene rings is 2. The van der Waals surface area contributed by atoms with Crippen LogP contribution in [-0.4, -0.2) is 4.92 Å². The largest absolute Gasteiger partial charge is 0.464 e. The number of fused-ring (bicyclic) bond motifs is 2. The third-order valence-electron chi connectivity index (χ3n) is 2.64. The van der Waals surface area contributed by atoms with Crippen molar-refractivity contribution in [1.29, 1.82) is 0 Å². The number of rotatable bonds is 1. The van der Waals surface area contributed by atoms with Crippen molar-refractivity contribution in [2.45, 2.75) is 0 Å². The van der Waals surface area contributed by atoms with E-state index in [1.807, 2.05) is 18.2 Å². The van der Waals surface area contributed by atoms with Crippen molar-refractivity contribution in [2.75, 3.05) is 0 Å². The summed E-state index contributed by atoms with van der Waals surface area (Å²) >= 11 is 0. The molecule has 0 aliphatic carbocycles. The molecule has 2 aromatic carbocycles. The first kappa shape index (κ1) is 8.91. The monoisotopic (exact) mass is 213 g/mol. The van der Waals surface area contributed by atoms with Gasteiger partial charge in [-0.05, 0) is 23.6 Å². The maximum Gasteiger partial charge on any atom is 0.288 e. The van der Waals surface area contributed by atoms with Gasteiger partial charge in [-0.15, -0.1) is 0 Å². The zero-order chi connectivity index (χ0) is 11.1. The molecule has 0 amide bonds. The van der Waals surface area contributed by atoms with E-state index in [0.29, 0.717) is 16.4 Å². The van der Waals surface area contributed by atoms with Crippen LogP contribution in [0.3, 0.4) is 0 Å². The van der Waals surface area contributed by atoms with Gasteiger partial charge in [0.05, 0.1) is 22.0 Å². The smallest absolute Gasteiger partial charge is 0.288 e. The van der Waals surface area contributed by atoms with Gasteiger partial charge in [-0.25, -0.2) is 0 Å². The van der Waals surface area contributed by atoms with E-state index in [-0.39, 0.29) is 10.6 Å². The Hall–Kier alpha value is -2.36. The molecule has 0 saturated heterocycles. The lowest BCUT2D eigenvalue weighted by Gasteiger charge is -2.00. The molecule has 0 spiro atoms. The van der Waals surface area contributed by atoms with Crippen LogP contribution in [0.2, 0.25) is 0 Å². The number of nitro benzene ring substituents is 1. The van der Waals surface area contributed by atoms with E-state index < -0.39 is 0 Å². The lowest BCUT2D eigenvalue weighted by molar-refractivity contribution is -0.381. The number of hydrogen-bond acceptors (Lipinski definition) is 3. The van der Waals surface area contributed by atoms with Crippen LogP contribution in [0, 0.1) is 10.1 Å². The number of nitrogens with zero attached hydrogens (tertiary/aromatic N) is 1. The third-order valence-corrected chi connectivity index (χ3v) is 2.64. The Bertz CT molecular complexity index is 700. The van der Waals surface area contributed by atoms with Gasteiger partial charge in [-0.2, -0.15) is 0 Å². The van der Waals surface area contributed by atoms with Crippen LogP contribution < -0.4 is 0 Å². The van der Waals surface area contributed by atoms with Gasteiger partial charge in [-0.3, -0.25) is 10.1 Å². The lowest BCUT2D eigenvalue weighted by Crippen LogP contribution is -1.90. The topological polar surface area (TPSA) is 56.3 Å². The minimum absolute atomic E-state index is 0.113. The average Bonchev–Trinajstić information content (AvgIpc) is 2.72. The maximum atomic E-state index is 11.1. The van der Waals surface area contributed by atoms with Gasteiger partial charge < -0.3 is 4.42 Å². The first-order valence-electron chi connectivity index (χ1n) is 4.81. The molecule has 1 aromatic heterocycles. The van der Waals surface area contributed by atoms with E-state index in [9.17, 15) is 10.1 Å². The summed E-state index contributed by atoms with van der Waals surface area (Å²) in [5, 5.41) is 13.1. The summed E-state index contributed by atoms with van der Waals surface area (Å²) in [6.45, 7) is 0. The Morgan fingerprint density at radius 3 is 2.75 bits per heavy atom. The molecule has 0 aliphatic heterocycles. The van der Waals surface area contributed by atoms with Gasteiger partial charge in [0.15, 0.2) is 0 Å². The molecule has 3 rings (SSSR count). The molecule has 0 fully saturated rings. The highest BCUT2D eigenvalue weighted by atomic mass is 16.6. The van der Waals surface area contributed by atoms with Crippen molar-refractivity contribution < 1.29 is 9.34 Å². The van der Waals surface area contributed by atoms with Gasteiger partial charge >= 0.3 is 0 Å². The summed E-state index contributed by atoms with van der Waals surface area (Å²) in [5.41, 5.74) is 0.659. The minimum Gasteiger partial charge on any atom is -0.464 e. The minimum atomic E-state index is -0.361. The fraction of sp³-hybridized carbons (Fsp3) is 0. The molecule has 4 nitrogen and oxygen atoms in total. The number of nitro groups is 1. The fourth-order valence-corrected chi connectivity index (χ4v) is 1.95. The molecule has 78 valence electrons. The van der Waals surface area contributed by atoms with Gasteiger partial charge in [0, 0.05) is 0 Å². The second-order valence-electron chi connectivity index (χ2n) is 3.54. The van der Waals surface area contributed by atoms with Crippen LogP contribution in [-0.2, 0) is 0 Å². The molecule has 4 heteroatoms. The van der Waals surface area contributed by atoms with Crippen LogP contribution in [0.4, 0.5) is 5.69 Å². The second kappa shape index (κ2) is 3.06. The molecule has 0 N–H and O–H groups in total. The number of furan rings is 1. The summed E-state index contributed by atoms with van der Waals surface area (Å²) in [6, 6.07) is 10.7. The summed E-state index contributed by atoms with van der Waals surface area (Å²) < 4.78 is 5.21. The van der Waals surface area contributed by atoms with Crippen molar-refractivity contribution in [1.82, 2.24) is 0 Å². The van der Waals surface area contributed by atoms with Crippen molar-refractivity contribution >= 4 is 27.4 Å².